The lowest BCUT2D eigenvalue weighted by Crippen LogP contribution is -2.15. The fraction of sp³-hybridized carbons (Fsp3) is 0.455. The van der Waals surface area contributed by atoms with Gasteiger partial charge in [0.05, 0.1) is 12.3 Å². The summed E-state index contributed by atoms with van der Waals surface area (Å²) in [4.78, 5) is 2.09. The van der Waals surface area contributed by atoms with Gasteiger partial charge in [-0.1, -0.05) is 0 Å². The molecule has 84 valence electrons. The lowest BCUT2D eigenvalue weighted by Gasteiger charge is -2.11. The van der Waals surface area contributed by atoms with Crippen LogP contribution in [0.5, 0.6) is 11.5 Å². The minimum atomic E-state index is 0.173. The first-order chi connectivity index (χ1) is 7.09. The molecule has 3 N–H and O–H groups in total. The van der Waals surface area contributed by atoms with E-state index in [0.29, 0.717) is 18.0 Å². The molecule has 0 amide bonds. The molecule has 0 bridgehead atoms. The van der Waals surface area contributed by atoms with Crippen LogP contribution in [0, 0.1) is 0 Å². The number of hydrogen-bond acceptors (Lipinski definition) is 4. The summed E-state index contributed by atoms with van der Waals surface area (Å²) in [5, 5.41) is 9.24. The van der Waals surface area contributed by atoms with Crippen molar-refractivity contribution in [1.82, 2.24) is 4.90 Å². The molecule has 1 rings (SSSR count). The van der Waals surface area contributed by atoms with Crippen LogP contribution in [0.2, 0.25) is 0 Å². The van der Waals surface area contributed by atoms with Crippen molar-refractivity contribution in [2.24, 2.45) is 0 Å². The highest BCUT2D eigenvalue weighted by atomic mass is 16.5. The Kier molecular flexibility index (Phi) is 4.24. The SMILES string of the molecule is CN(C)CCCOc1cc(O)ccc1N. The lowest BCUT2D eigenvalue weighted by molar-refractivity contribution is 0.282. The smallest absolute Gasteiger partial charge is 0.145 e. The van der Waals surface area contributed by atoms with Crippen LogP contribution in [0.4, 0.5) is 5.69 Å². The molecule has 0 atom stereocenters. The van der Waals surface area contributed by atoms with E-state index in [1.165, 1.54) is 6.07 Å². The third-order valence-corrected chi connectivity index (χ3v) is 2.00. The Morgan fingerprint density at radius 3 is 2.80 bits per heavy atom. The number of rotatable bonds is 5. The van der Waals surface area contributed by atoms with Gasteiger partial charge in [0.1, 0.15) is 11.5 Å². The van der Waals surface area contributed by atoms with Gasteiger partial charge >= 0.3 is 0 Å². The zero-order valence-electron chi connectivity index (χ0n) is 9.23. The molecule has 1 aromatic rings. The Morgan fingerprint density at radius 2 is 2.13 bits per heavy atom. The average molecular weight is 210 g/mol. The molecule has 0 heterocycles. The monoisotopic (exact) mass is 210 g/mol. The van der Waals surface area contributed by atoms with Crippen molar-refractivity contribution in [2.45, 2.75) is 6.42 Å². The number of benzene rings is 1. The van der Waals surface area contributed by atoms with Crippen LogP contribution in [-0.4, -0.2) is 37.3 Å². The quantitative estimate of drug-likeness (QED) is 0.437. The van der Waals surface area contributed by atoms with Crippen LogP contribution in [0.15, 0.2) is 18.2 Å². The molecule has 0 radical (unpaired) electrons. The normalized spacial score (nSPS) is 10.6. The molecule has 0 aliphatic carbocycles. The summed E-state index contributed by atoms with van der Waals surface area (Å²) < 4.78 is 5.46. The number of nitrogens with zero attached hydrogens (tertiary/aromatic N) is 1. The maximum Gasteiger partial charge on any atom is 0.145 e. The van der Waals surface area contributed by atoms with Crippen molar-refractivity contribution < 1.29 is 9.84 Å². The van der Waals surface area contributed by atoms with Gasteiger partial charge in [-0.05, 0) is 32.6 Å². The third kappa shape index (κ3) is 4.08. The summed E-state index contributed by atoms with van der Waals surface area (Å²) in [5.41, 5.74) is 6.24. The molecule has 0 aromatic heterocycles. The molecule has 4 nitrogen and oxygen atoms in total. The molecular formula is C11H18N2O2. The molecule has 1 aromatic carbocycles. The van der Waals surface area contributed by atoms with Crippen molar-refractivity contribution in [2.75, 3.05) is 33.0 Å². The van der Waals surface area contributed by atoms with Crippen LogP contribution in [0.1, 0.15) is 6.42 Å². The number of ether oxygens (including phenoxy) is 1. The molecule has 15 heavy (non-hydrogen) atoms. The Labute approximate surface area is 90.3 Å². The van der Waals surface area contributed by atoms with Crippen molar-refractivity contribution in [1.29, 1.82) is 0 Å². The number of aromatic hydroxyl groups is 1. The third-order valence-electron chi connectivity index (χ3n) is 2.00. The van der Waals surface area contributed by atoms with E-state index in [4.69, 9.17) is 10.5 Å². The minimum absolute atomic E-state index is 0.173. The van der Waals surface area contributed by atoms with E-state index in [9.17, 15) is 5.11 Å². The second-order valence-corrected chi connectivity index (χ2v) is 3.73. The molecule has 0 fully saturated rings. The maximum atomic E-state index is 9.24. The van der Waals surface area contributed by atoms with Gasteiger partial charge in [-0.3, -0.25) is 0 Å². The summed E-state index contributed by atoms with van der Waals surface area (Å²) in [7, 11) is 4.03. The summed E-state index contributed by atoms with van der Waals surface area (Å²) in [6.07, 6.45) is 0.933. The Hall–Kier alpha value is -1.42. The number of phenols is 1. The van der Waals surface area contributed by atoms with Gasteiger partial charge in [-0.2, -0.15) is 0 Å². The molecule has 0 spiro atoms. The van der Waals surface area contributed by atoms with Crippen molar-refractivity contribution in [3.05, 3.63) is 18.2 Å². The molecule has 0 unspecified atom stereocenters. The predicted molar refractivity (Wildman–Crippen MR) is 61.2 cm³/mol. The Morgan fingerprint density at radius 1 is 1.40 bits per heavy atom. The maximum absolute atomic E-state index is 9.24. The van der Waals surface area contributed by atoms with E-state index >= 15 is 0 Å². The second kappa shape index (κ2) is 5.46. The molecule has 0 aliphatic rings. The first-order valence-electron chi connectivity index (χ1n) is 4.95. The van der Waals surface area contributed by atoms with Gasteiger partial charge in [-0.25, -0.2) is 0 Å². The fourth-order valence-electron chi connectivity index (χ4n) is 1.21. The van der Waals surface area contributed by atoms with E-state index in [1.807, 2.05) is 14.1 Å². The highest BCUT2D eigenvalue weighted by Crippen LogP contribution is 2.25. The van der Waals surface area contributed by atoms with Gasteiger partial charge in [0.25, 0.3) is 0 Å². The lowest BCUT2D eigenvalue weighted by atomic mass is 10.3. The topological polar surface area (TPSA) is 58.7 Å². The Bertz CT molecular complexity index is 313. The van der Waals surface area contributed by atoms with Crippen molar-refractivity contribution >= 4 is 5.69 Å². The molecule has 0 saturated carbocycles. The van der Waals surface area contributed by atoms with E-state index in [2.05, 4.69) is 4.90 Å². The zero-order chi connectivity index (χ0) is 11.3. The van der Waals surface area contributed by atoms with E-state index in [0.717, 1.165) is 13.0 Å². The van der Waals surface area contributed by atoms with Gasteiger partial charge in [0, 0.05) is 12.6 Å². The van der Waals surface area contributed by atoms with Gasteiger partial charge in [-0.15, -0.1) is 0 Å². The summed E-state index contributed by atoms with van der Waals surface area (Å²) in [6, 6.07) is 4.71. The fourth-order valence-corrected chi connectivity index (χ4v) is 1.21. The summed E-state index contributed by atoms with van der Waals surface area (Å²) in [5.74, 6) is 0.723. The number of phenolic OH excluding ortho intramolecular Hbond substituents is 1. The first-order valence-corrected chi connectivity index (χ1v) is 4.95. The molecule has 0 saturated heterocycles. The highest BCUT2D eigenvalue weighted by Gasteiger charge is 2.01. The average Bonchev–Trinajstić information content (AvgIpc) is 2.17. The van der Waals surface area contributed by atoms with Gasteiger partial charge in [0.2, 0.25) is 0 Å². The minimum Gasteiger partial charge on any atom is -0.508 e. The number of anilines is 1. The second-order valence-electron chi connectivity index (χ2n) is 3.73. The number of nitrogens with two attached hydrogens (primary N) is 1. The number of nitrogen functional groups attached to an aromatic ring is 1. The summed E-state index contributed by atoms with van der Waals surface area (Å²) >= 11 is 0. The van der Waals surface area contributed by atoms with Crippen molar-refractivity contribution in [3.63, 3.8) is 0 Å². The van der Waals surface area contributed by atoms with Crippen LogP contribution < -0.4 is 10.5 Å². The van der Waals surface area contributed by atoms with Crippen LogP contribution >= 0.6 is 0 Å². The van der Waals surface area contributed by atoms with E-state index in [1.54, 1.807) is 12.1 Å². The Balaban J connectivity index is 2.40. The van der Waals surface area contributed by atoms with Crippen LogP contribution in [0.25, 0.3) is 0 Å². The van der Waals surface area contributed by atoms with Crippen LogP contribution in [-0.2, 0) is 0 Å². The number of hydrogen-bond donors (Lipinski definition) is 2. The van der Waals surface area contributed by atoms with Gasteiger partial charge in [0.15, 0.2) is 0 Å². The standard InChI is InChI=1S/C11H18N2O2/c1-13(2)6-3-7-15-11-8-9(14)4-5-10(11)12/h4-5,8,14H,3,6-7,12H2,1-2H3. The predicted octanol–water partition coefficient (Wildman–Crippen LogP) is 1.30. The first kappa shape index (κ1) is 11.7. The molecular weight excluding hydrogens is 192 g/mol. The van der Waals surface area contributed by atoms with Crippen molar-refractivity contribution in [3.8, 4) is 11.5 Å². The van der Waals surface area contributed by atoms with E-state index < -0.39 is 0 Å². The summed E-state index contributed by atoms with van der Waals surface area (Å²) in [6.45, 7) is 1.57. The van der Waals surface area contributed by atoms with Crippen LogP contribution in [0.3, 0.4) is 0 Å². The highest BCUT2D eigenvalue weighted by molar-refractivity contribution is 5.55. The largest absolute Gasteiger partial charge is 0.508 e. The molecule has 4 heteroatoms. The zero-order valence-corrected chi connectivity index (χ0v) is 9.23. The van der Waals surface area contributed by atoms with Gasteiger partial charge < -0.3 is 20.5 Å². The van der Waals surface area contributed by atoms with E-state index in [-0.39, 0.29) is 5.75 Å². The molecule has 0 aliphatic heterocycles.